The molecule has 20 heavy (non-hydrogen) atoms. The minimum Gasteiger partial charge on any atom is -0.504 e. The molecule has 1 aliphatic heterocycles. The van der Waals surface area contributed by atoms with Crippen molar-refractivity contribution in [3.05, 3.63) is 29.8 Å². The highest BCUT2D eigenvalue weighted by molar-refractivity contribution is 5.91. The Labute approximate surface area is 119 Å². The van der Waals surface area contributed by atoms with Crippen molar-refractivity contribution < 1.29 is 14.6 Å². The minimum atomic E-state index is 0.00779. The first-order valence-corrected chi connectivity index (χ1v) is 6.62. The van der Waals surface area contributed by atoms with Gasteiger partial charge in [-0.05, 0) is 30.8 Å². The van der Waals surface area contributed by atoms with Crippen molar-refractivity contribution >= 4 is 12.0 Å². The van der Waals surface area contributed by atoms with Crippen molar-refractivity contribution in [2.45, 2.75) is 0 Å². The number of phenols is 1. The lowest BCUT2D eigenvalue weighted by atomic mass is 10.2. The molecule has 1 fully saturated rings. The second kappa shape index (κ2) is 6.43. The summed E-state index contributed by atoms with van der Waals surface area (Å²) in [6, 6.07) is 5.05. The first kappa shape index (κ1) is 14.4. The Kier molecular flexibility index (Phi) is 4.63. The van der Waals surface area contributed by atoms with E-state index in [1.807, 2.05) is 4.90 Å². The lowest BCUT2D eigenvalue weighted by Gasteiger charge is -2.31. The highest BCUT2D eigenvalue weighted by atomic mass is 16.5. The van der Waals surface area contributed by atoms with E-state index in [2.05, 4.69) is 11.9 Å². The van der Waals surface area contributed by atoms with E-state index in [0.717, 1.165) is 31.7 Å². The van der Waals surface area contributed by atoms with E-state index in [9.17, 15) is 9.90 Å². The van der Waals surface area contributed by atoms with Gasteiger partial charge in [0.05, 0.1) is 7.11 Å². The van der Waals surface area contributed by atoms with Gasteiger partial charge in [0.15, 0.2) is 11.5 Å². The largest absolute Gasteiger partial charge is 0.504 e. The summed E-state index contributed by atoms with van der Waals surface area (Å²) in [6.07, 6.45) is 3.26. The number of hydrogen-bond acceptors (Lipinski definition) is 4. The van der Waals surface area contributed by atoms with Gasteiger partial charge in [0.25, 0.3) is 0 Å². The first-order chi connectivity index (χ1) is 9.60. The van der Waals surface area contributed by atoms with Gasteiger partial charge in [-0.25, -0.2) is 0 Å². The van der Waals surface area contributed by atoms with Gasteiger partial charge in [0.2, 0.25) is 5.91 Å². The smallest absolute Gasteiger partial charge is 0.246 e. The van der Waals surface area contributed by atoms with Gasteiger partial charge in [0, 0.05) is 32.3 Å². The molecule has 0 radical (unpaired) electrons. The fraction of sp³-hybridized carbons (Fsp3) is 0.400. The topological polar surface area (TPSA) is 53.0 Å². The average molecular weight is 276 g/mol. The molecule has 2 rings (SSSR count). The van der Waals surface area contributed by atoms with Crippen LogP contribution in [0.4, 0.5) is 0 Å². The minimum absolute atomic E-state index is 0.00779. The summed E-state index contributed by atoms with van der Waals surface area (Å²) < 4.78 is 4.98. The molecule has 5 heteroatoms. The second-order valence-electron chi connectivity index (χ2n) is 4.89. The molecule has 0 bridgehead atoms. The Morgan fingerprint density at radius 2 is 2.00 bits per heavy atom. The van der Waals surface area contributed by atoms with Crippen LogP contribution in [0.2, 0.25) is 0 Å². The van der Waals surface area contributed by atoms with Crippen LogP contribution in [0, 0.1) is 0 Å². The van der Waals surface area contributed by atoms with Crippen molar-refractivity contribution in [2.75, 3.05) is 40.3 Å². The van der Waals surface area contributed by atoms with Gasteiger partial charge >= 0.3 is 0 Å². The van der Waals surface area contributed by atoms with E-state index in [1.54, 1.807) is 30.4 Å². The number of carbonyl (C=O) groups excluding carboxylic acids is 1. The number of phenolic OH excluding ortho intramolecular Hbond substituents is 1. The summed E-state index contributed by atoms with van der Waals surface area (Å²) in [5, 5.41) is 9.67. The number of methoxy groups -OCH3 is 1. The summed E-state index contributed by atoms with van der Waals surface area (Å²) in [5.41, 5.74) is 0.769. The third kappa shape index (κ3) is 3.51. The summed E-state index contributed by atoms with van der Waals surface area (Å²) in [6.45, 7) is 3.33. The number of carbonyl (C=O) groups is 1. The van der Waals surface area contributed by atoms with E-state index in [4.69, 9.17) is 4.74 Å². The fourth-order valence-corrected chi connectivity index (χ4v) is 2.11. The van der Waals surface area contributed by atoms with Gasteiger partial charge in [0.1, 0.15) is 0 Å². The molecule has 1 N–H and O–H groups in total. The highest BCUT2D eigenvalue weighted by Gasteiger charge is 2.16. The number of piperazine rings is 1. The van der Waals surface area contributed by atoms with Crippen molar-refractivity contribution in [1.82, 2.24) is 9.80 Å². The lowest BCUT2D eigenvalue weighted by molar-refractivity contribution is -0.127. The molecular weight excluding hydrogens is 256 g/mol. The molecule has 1 amide bonds. The Bertz CT molecular complexity index is 506. The molecule has 1 heterocycles. The summed E-state index contributed by atoms with van der Waals surface area (Å²) in [7, 11) is 3.55. The normalized spacial score (nSPS) is 16.6. The first-order valence-electron chi connectivity index (χ1n) is 6.62. The predicted molar refractivity (Wildman–Crippen MR) is 77.8 cm³/mol. The van der Waals surface area contributed by atoms with Crippen molar-refractivity contribution in [2.24, 2.45) is 0 Å². The Morgan fingerprint density at radius 3 is 2.60 bits per heavy atom. The maximum Gasteiger partial charge on any atom is 0.246 e. The Hall–Kier alpha value is -2.01. The van der Waals surface area contributed by atoms with E-state index in [1.165, 1.54) is 7.11 Å². The average Bonchev–Trinajstić information content (AvgIpc) is 2.45. The molecule has 1 aromatic carbocycles. The third-order valence-corrected chi connectivity index (χ3v) is 3.44. The van der Waals surface area contributed by atoms with E-state index >= 15 is 0 Å². The zero-order valence-corrected chi connectivity index (χ0v) is 11.9. The number of rotatable bonds is 3. The number of benzene rings is 1. The van der Waals surface area contributed by atoms with Crippen LogP contribution in [0.5, 0.6) is 11.5 Å². The summed E-state index contributed by atoms with van der Waals surface area (Å²) in [5.74, 6) is 0.502. The molecule has 108 valence electrons. The molecule has 0 atom stereocenters. The Morgan fingerprint density at radius 1 is 1.30 bits per heavy atom. The van der Waals surface area contributed by atoms with Crippen LogP contribution < -0.4 is 4.74 Å². The number of ether oxygens (including phenoxy) is 1. The maximum atomic E-state index is 12.0. The van der Waals surface area contributed by atoms with E-state index in [0.29, 0.717) is 5.75 Å². The van der Waals surface area contributed by atoms with Crippen molar-refractivity contribution in [3.8, 4) is 11.5 Å². The molecule has 1 aromatic rings. The number of nitrogens with zero attached hydrogens (tertiary/aromatic N) is 2. The SMILES string of the molecule is COc1ccc(/C=C/C(=O)N2CCN(C)CC2)cc1O. The molecule has 0 saturated carbocycles. The van der Waals surface area contributed by atoms with Crippen LogP contribution in [0.25, 0.3) is 6.08 Å². The van der Waals surface area contributed by atoms with Crippen molar-refractivity contribution in [1.29, 1.82) is 0 Å². The van der Waals surface area contributed by atoms with Crippen LogP contribution in [-0.4, -0.2) is 61.2 Å². The molecule has 1 aliphatic rings. The van der Waals surface area contributed by atoms with Crippen molar-refractivity contribution in [3.63, 3.8) is 0 Å². The van der Waals surface area contributed by atoms with Crippen LogP contribution in [0.3, 0.4) is 0 Å². The van der Waals surface area contributed by atoms with Crippen LogP contribution >= 0.6 is 0 Å². The Balaban J connectivity index is 1.98. The third-order valence-electron chi connectivity index (χ3n) is 3.44. The highest BCUT2D eigenvalue weighted by Crippen LogP contribution is 2.26. The van der Waals surface area contributed by atoms with Gasteiger partial charge in [-0.15, -0.1) is 0 Å². The molecule has 5 nitrogen and oxygen atoms in total. The number of amides is 1. The van der Waals surface area contributed by atoms with E-state index < -0.39 is 0 Å². The van der Waals surface area contributed by atoms with Gasteiger partial charge in [-0.1, -0.05) is 6.07 Å². The zero-order chi connectivity index (χ0) is 14.5. The number of hydrogen-bond donors (Lipinski definition) is 1. The molecule has 0 spiro atoms. The van der Waals surface area contributed by atoms with Gasteiger partial charge in [-0.2, -0.15) is 0 Å². The zero-order valence-electron chi connectivity index (χ0n) is 11.9. The second-order valence-corrected chi connectivity index (χ2v) is 4.89. The molecule has 0 unspecified atom stereocenters. The van der Waals surface area contributed by atoms with Gasteiger partial charge in [-0.3, -0.25) is 4.79 Å². The number of likely N-dealkylation sites (N-methyl/N-ethyl adjacent to an activating group) is 1. The molecular formula is C15H20N2O3. The summed E-state index contributed by atoms with van der Waals surface area (Å²) >= 11 is 0. The number of aromatic hydroxyl groups is 1. The molecule has 1 saturated heterocycles. The standard InChI is InChI=1S/C15H20N2O3/c1-16-7-9-17(10-8-16)15(19)6-4-12-3-5-14(20-2)13(18)11-12/h3-6,11,18H,7-10H2,1-2H3/b6-4+. The van der Waals surface area contributed by atoms with Crippen LogP contribution in [0.1, 0.15) is 5.56 Å². The quantitative estimate of drug-likeness (QED) is 0.843. The van der Waals surface area contributed by atoms with E-state index in [-0.39, 0.29) is 11.7 Å². The van der Waals surface area contributed by atoms with Crippen LogP contribution in [0.15, 0.2) is 24.3 Å². The monoisotopic (exact) mass is 276 g/mol. The maximum absolute atomic E-state index is 12.0. The summed E-state index contributed by atoms with van der Waals surface area (Å²) in [4.78, 5) is 16.1. The fourth-order valence-electron chi connectivity index (χ4n) is 2.11. The van der Waals surface area contributed by atoms with Crippen LogP contribution in [-0.2, 0) is 4.79 Å². The lowest BCUT2D eigenvalue weighted by Crippen LogP contribution is -2.46. The molecule has 0 aromatic heterocycles. The molecule has 0 aliphatic carbocycles. The predicted octanol–water partition coefficient (Wildman–Crippen LogP) is 1.19. The van der Waals surface area contributed by atoms with Gasteiger partial charge < -0.3 is 19.6 Å².